The standard InChI is InChI=1S/C32H44N2O9S/c1-30(2,3)41-25(35)17-23(27(37)43-32(7,8)9)33-29(39)34(19-26(36)42-31(4,5)6)18-22-15-16-24(44-22)28(38)40-20-21-13-11-10-12-14-21/h10-16,23H,17-20H2,1-9H3,(H,33,39)/t23-/m0/s1. The van der Waals surface area contributed by atoms with Gasteiger partial charge >= 0.3 is 29.9 Å². The van der Waals surface area contributed by atoms with E-state index >= 15 is 0 Å². The molecular formula is C32H44N2O9S. The number of thiophene rings is 1. The number of nitrogens with one attached hydrogen (secondary N) is 1. The van der Waals surface area contributed by atoms with Crippen LogP contribution in [0.25, 0.3) is 0 Å². The maximum absolute atomic E-state index is 13.6. The number of rotatable bonds is 11. The Kier molecular flexibility index (Phi) is 12.5. The Bertz CT molecular complexity index is 1300. The highest BCUT2D eigenvalue weighted by Gasteiger charge is 2.33. The Hall–Kier alpha value is -3.93. The largest absolute Gasteiger partial charge is 0.460 e. The minimum atomic E-state index is -1.40. The molecule has 2 amide bonds. The fourth-order valence-corrected chi connectivity index (χ4v) is 4.56. The van der Waals surface area contributed by atoms with Crippen molar-refractivity contribution in [3.8, 4) is 0 Å². The molecule has 1 aromatic carbocycles. The number of carbonyl (C=O) groups excluding carboxylic acids is 5. The number of hydrogen-bond acceptors (Lipinski definition) is 10. The lowest BCUT2D eigenvalue weighted by Gasteiger charge is -2.29. The molecule has 0 bridgehead atoms. The molecule has 0 saturated carbocycles. The zero-order chi connectivity index (χ0) is 33.3. The Morgan fingerprint density at radius 1 is 0.773 bits per heavy atom. The first-order valence-electron chi connectivity index (χ1n) is 14.2. The molecule has 2 aromatic rings. The molecule has 242 valence electrons. The topological polar surface area (TPSA) is 138 Å². The summed E-state index contributed by atoms with van der Waals surface area (Å²) in [6.07, 6.45) is -0.491. The van der Waals surface area contributed by atoms with Crippen molar-refractivity contribution in [2.45, 2.75) is 105 Å². The first-order chi connectivity index (χ1) is 20.2. The SMILES string of the molecule is CC(C)(C)OC(=O)C[C@H](NC(=O)N(CC(=O)OC(C)(C)C)Cc1ccc(C(=O)OCc2ccccc2)s1)C(=O)OC(C)(C)C. The molecule has 1 N–H and O–H groups in total. The van der Waals surface area contributed by atoms with Crippen LogP contribution in [0.15, 0.2) is 42.5 Å². The molecule has 0 aliphatic rings. The molecule has 11 nitrogen and oxygen atoms in total. The van der Waals surface area contributed by atoms with Gasteiger partial charge in [-0.3, -0.25) is 9.59 Å². The summed E-state index contributed by atoms with van der Waals surface area (Å²) in [6.45, 7) is 14.6. The van der Waals surface area contributed by atoms with Crippen LogP contribution in [0.3, 0.4) is 0 Å². The van der Waals surface area contributed by atoms with E-state index in [0.717, 1.165) is 21.8 Å². The van der Waals surface area contributed by atoms with E-state index < -0.39 is 65.7 Å². The van der Waals surface area contributed by atoms with Gasteiger partial charge in [-0.25, -0.2) is 14.4 Å². The highest BCUT2D eigenvalue weighted by molar-refractivity contribution is 7.13. The van der Waals surface area contributed by atoms with Gasteiger partial charge in [0.2, 0.25) is 0 Å². The third-order valence-electron chi connectivity index (χ3n) is 5.23. The van der Waals surface area contributed by atoms with E-state index in [4.69, 9.17) is 18.9 Å². The molecule has 0 spiro atoms. The Labute approximate surface area is 263 Å². The lowest BCUT2D eigenvalue weighted by molar-refractivity contribution is -0.164. The van der Waals surface area contributed by atoms with Crippen LogP contribution in [0.2, 0.25) is 0 Å². The Morgan fingerprint density at radius 2 is 1.34 bits per heavy atom. The number of amides is 2. The molecule has 0 saturated heterocycles. The van der Waals surface area contributed by atoms with E-state index in [1.807, 2.05) is 30.3 Å². The van der Waals surface area contributed by atoms with Gasteiger partial charge < -0.3 is 29.2 Å². The molecule has 1 heterocycles. The third-order valence-corrected chi connectivity index (χ3v) is 6.28. The predicted octanol–water partition coefficient (Wildman–Crippen LogP) is 5.40. The van der Waals surface area contributed by atoms with Gasteiger partial charge in [0.05, 0.1) is 13.0 Å². The fraction of sp³-hybridized carbons (Fsp3) is 0.531. The van der Waals surface area contributed by atoms with Crippen LogP contribution in [0.1, 0.15) is 88.8 Å². The summed E-state index contributed by atoms with van der Waals surface area (Å²) in [5.74, 6) is -2.78. The molecule has 0 aliphatic carbocycles. The quantitative estimate of drug-likeness (QED) is 0.255. The van der Waals surface area contributed by atoms with Crippen LogP contribution in [-0.2, 0) is 46.5 Å². The smallest absolute Gasteiger partial charge is 0.348 e. The van der Waals surface area contributed by atoms with E-state index in [1.54, 1.807) is 74.4 Å². The maximum Gasteiger partial charge on any atom is 0.348 e. The number of esters is 4. The second-order valence-electron chi connectivity index (χ2n) is 13.1. The van der Waals surface area contributed by atoms with Gasteiger partial charge in [-0.1, -0.05) is 30.3 Å². The molecule has 44 heavy (non-hydrogen) atoms. The van der Waals surface area contributed by atoms with Crippen molar-refractivity contribution < 1.29 is 42.9 Å². The molecule has 1 atom stereocenters. The van der Waals surface area contributed by atoms with E-state index in [0.29, 0.717) is 9.75 Å². The van der Waals surface area contributed by atoms with Crippen LogP contribution in [0.5, 0.6) is 0 Å². The number of nitrogens with zero attached hydrogens (tertiary/aromatic N) is 1. The number of hydrogen-bond donors (Lipinski definition) is 1. The van der Waals surface area contributed by atoms with Gasteiger partial charge in [-0.05, 0) is 80.0 Å². The van der Waals surface area contributed by atoms with Gasteiger partial charge in [-0.2, -0.15) is 0 Å². The molecule has 0 aliphatic heterocycles. The molecule has 0 fully saturated rings. The Balaban J connectivity index is 2.25. The minimum Gasteiger partial charge on any atom is -0.460 e. The van der Waals surface area contributed by atoms with Gasteiger partial charge in [0.25, 0.3) is 0 Å². The number of ether oxygens (including phenoxy) is 4. The first kappa shape index (κ1) is 36.3. The van der Waals surface area contributed by atoms with Gasteiger partial charge in [-0.15, -0.1) is 11.3 Å². The molecule has 12 heteroatoms. The minimum absolute atomic E-state index is 0.101. The van der Waals surface area contributed by atoms with Crippen LogP contribution in [-0.4, -0.2) is 64.2 Å². The first-order valence-corrected chi connectivity index (χ1v) is 15.0. The lowest BCUT2D eigenvalue weighted by Crippen LogP contribution is -2.51. The van der Waals surface area contributed by atoms with Gasteiger partial charge in [0.15, 0.2) is 0 Å². The van der Waals surface area contributed by atoms with Gasteiger partial charge in [0.1, 0.15) is 40.9 Å². The summed E-state index contributed by atoms with van der Waals surface area (Å²) in [5, 5.41) is 2.53. The monoisotopic (exact) mass is 632 g/mol. The molecule has 1 aromatic heterocycles. The summed E-state index contributed by atoms with van der Waals surface area (Å²) >= 11 is 1.10. The number of benzene rings is 1. The summed E-state index contributed by atoms with van der Waals surface area (Å²) in [7, 11) is 0. The van der Waals surface area contributed by atoms with Crippen LogP contribution in [0, 0.1) is 0 Å². The normalized spacial score (nSPS) is 12.5. The predicted molar refractivity (Wildman–Crippen MR) is 165 cm³/mol. The lowest BCUT2D eigenvalue weighted by atomic mass is 10.1. The number of urea groups is 1. The highest BCUT2D eigenvalue weighted by atomic mass is 32.1. The summed E-state index contributed by atoms with van der Waals surface area (Å²) in [6, 6.07) is 10.2. The van der Waals surface area contributed by atoms with Gasteiger partial charge in [0, 0.05) is 4.88 Å². The van der Waals surface area contributed by atoms with E-state index in [9.17, 15) is 24.0 Å². The Morgan fingerprint density at radius 3 is 1.91 bits per heavy atom. The second kappa shape index (κ2) is 15.2. The zero-order valence-electron chi connectivity index (χ0n) is 27.0. The van der Waals surface area contributed by atoms with Crippen molar-refractivity contribution in [2.24, 2.45) is 0 Å². The van der Waals surface area contributed by atoms with Crippen LogP contribution >= 0.6 is 11.3 Å². The van der Waals surface area contributed by atoms with Crippen molar-refractivity contribution in [1.82, 2.24) is 10.2 Å². The van der Waals surface area contributed by atoms with E-state index in [1.165, 1.54) is 0 Å². The molecule has 0 radical (unpaired) electrons. The van der Waals surface area contributed by atoms with Crippen molar-refractivity contribution >= 4 is 41.2 Å². The van der Waals surface area contributed by atoms with Crippen molar-refractivity contribution in [3.05, 3.63) is 57.8 Å². The summed E-state index contributed by atoms with van der Waals surface area (Å²) in [4.78, 5) is 66.6. The van der Waals surface area contributed by atoms with Crippen LogP contribution in [0.4, 0.5) is 4.79 Å². The average Bonchev–Trinajstić information content (AvgIpc) is 3.32. The van der Waals surface area contributed by atoms with E-state index in [2.05, 4.69) is 5.32 Å². The zero-order valence-corrected chi connectivity index (χ0v) is 27.8. The van der Waals surface area contributed by atoms with Crippen molar-refractivity contribution in [2.75, 3.05) is 6.54 Å². The molecular weight excluding hydrogens is 588 g/mol. The number of carbonyl (C=O) groups is 5. The van der Waals surface area contributed by atoms with E-state index in [-0.39, 0.29) is 13.2 Å². The average molecular weight is 633 g/mol. The third kappa shape index (κ3) is 14.0. The molecule has 2 rings (SSSR count). The maximum atomic E-state index is 13.6. The second-order valence-corrected chi connectivity index (χ2v) is 14.3. The van der Waals surface area contributed by atoms with Crippen molar-refractivity contribution in [1.29, 1.82) is 0 Å². The molecule has 0 unspecified atom stereocenters. The van der Waals surface area contributed by atoms with Crippen LogP contribution < -0.4 is 5.32 Å². The van der Waals surface area contributed by atoms with Crippen molar-refractivity contribution in [3.63, 3.8) is 0 Å². The summed E-state index contributed by atoms with van der Waals surface area (Å²) in [5.41, 5.74) is -1.69. The summed E-state index contributed by atoms with van der Waals surface area (Å²) < 4.78 is 21.6. The highest BCUT2D eigenvalue weighted by Crippen LogP contribution is 2.21. The fourth-order valence-electron chi connectivity index (χ4n) is 3.64.